The summed E-state index contributed by atoms with van der Waals surface area (Å²) in [4.78, 5) is 92.7. The zero-order chi connectivity index (χ0) is 90.6. The number of aromatic nitrogens is 9. The fourth-order valence-electron chi connectivity index (χ4n) is 18.5. The molecule has 132 heavy (non-hydrogen) atoms. The van der Waals surface area contributed by atoms with Crippen molar-refractivity contribution in [2.24, 2.45) is 0 Å². The first-order valence-corrected chi connectivity index (χ1v) is 44.6. The zero-order valence-electron chi connectivity index (χ0n) is 74.1. The molecule has 19 rings (SSSR count). The molecular formula is C105H96N12O15. The summed E-state index contributed by atoms with van der Waals surface area (Å²) in [6.07, 6.45) is 5.21. The van der Waals surface area contributed by atoms with Gasteiger partial charge in [-0.2, -0.15) is 0 Å². The number of carbonyl (C=O) groups excluding carboxylic acids is 6. The third-order valence-corrected chi connectivity index (χ3v) is 25.0. The third kappa shape index (κ3) is 17.6. The highest BCUT2D eigenvalue weighted by molar-refractivity contribution is 6.26. The van der Waals surface area contributed by atoms with Gasteiger partial charge in [-0.25, -0.2) is 28.4 Å². The Morgan fingerprint density at radius 1 is 0.303 bits per heavy atom. The monoisotopic (exact) mass is 1760 g/mol. The van der Waals surface area contributed by atoms with Crippen molar-refractivity contribution in [2.75, 3.05) is 59.1 Å². The van der Waals surface area contributed by atoms with Crippen molar-refractivity contribution < 1.29 is 71.4 Å². The second-order valence-electron chi connectivity index (χ2n) is 33.1. The van der Waals surface area contributed by atoms with Gasteiger partial charge in [-0.3, -0.25) is 14.4 Å². The van der Waals surface area contributed by atoms with Crippen LogP contribution in [0, 0.1) is 0 Å². The standard InChI is InChI=1S/C105H96N12O15/c1-7-112(8-2)91(118)61-127-100-79-40-76(103(121)130-58-85-49-115(109-106-85)46-73-31-28-70-25-22-64-16-13-19-67-34-37-88(73)97(70)94(64)67)41-80(100)53-125-55-82-43-78(105(123)132-60-87-51-117(111-108-87)48-75-33-30-72-27-24-66-18-15-21-69-36-39-90(75)99(72)96(66)69)45-84(102(82)129-63-93(120)114(11-5)12-6)57-126-56-83-44-77(42-81(54-124-52-79)101(83)128-62-92(119)113(9-3)10-4)104(122)131-59-86-50-116(110-107-86)47-74-32-29-71-26-23-65-17-14-20-68-35-38-89(74)98(71)95(65)68/h13-45,49-51H,7-12,46-48,52-63H2,1-6H3. The summed E-state index contributed by atoms with van der Waals surface area (Å²) in [6, 6.07) is 66.5. The Labute approximate surface area is 759 Å². The van der Waals surface area contributed by atoms with Gasteiger partial charge in [0, 0.05) is 72.6 Å². The molecule has 666 valence electrons. The second kappa shape index (κ2) is 37.9. The molecule has 4 heterocycles. The maximum atomic E-state index is 15.1. The van der Waals surface area contributed by atoms with Crippen LogP contribution >= 0.6 is 0 Å². The van der Waals surface area contributed by atoms with Crippen LogP contribution in [0.4, 0.5) is 0 Å². The molecule has 0 saturated carbocycles. The number of fused-ring (bicyclic) bond motifs is 6. The summed E-state index contributed by atoms with van der Waals surface area (Å²) in [5.41, 5.74) is 5.83. The van der Waals surface area contributed by atoms with Crippen LogP contribution < -0.4 is 14.2 Å². The lowest BCUT2D eigenvalue weighted by Crippen LogP contribution is -2.34. The molecular weight excluding hydrogens is 1670 g/mol. The number of hydrogen-bond acceptors (Lipinski definition) is 21. The van der Waals surface area contributed by atoms with Crippen molar-refractivity contribution in [1.29, 1.82) is 0 Å². The van der Waals surface area contributed by atoms with Crippen LogP contribution in [0.2, 0.25) is 0 Å². The van der Waals surface area contributed by atoms with E-state index in [1.807, 2.05) is 41.5 Å². The van der Waals surface area contributed by atoms with E-state index in [0.717, 1.165) is 97.5 Å². The molecule has 6 bridgehead atoms. The van der Waals surface area contributed by atoms with Gasteiger partial charge >= 0.3 is 17.9 Å². The predicted octanol–water partition coefficient (Wildman–Crippen LogP) is 17.6. The molecule has 27 nitrogen and oxygen atoms in total. The van der Waals surface area contributed by atoms with Gasteiger partial charge in [-0.1, -0.05) is 179 Å². The summed E-state index contributed by atoms with van der Waals surface area (Å²) in [5, 5.41) is 47.4. The van der Waals surface area contributed by atoms with Crippen LogP contribution in [0.1, 0.15) is 140 Å². The van der Waals surface area contributed by atoms with Crippen LogP contribution in [0.3, 0.4) is 0 Å². The highest BCUT2D eigenvalue weighted by Crippen LogP contribution is 2.42. The average Bonchev–Trinajstić information content (AvgIpc) is 1.03. The molecule has 1 aliphatic heterocycles. The number of rotatable bonds is 30. The van der Waals surface area contributed by atoms with E-state index in [-0.39, 0.29) is 145 Å². The molecule has 0 unspecified atom stereocenters. The minimum absolute atomic E-state index is 0.0269. The first-order valence-electron chi connectivity index (χ1n) is 44.6. The normalized spacial score (nSPS) is 12.7. The van der Waals surface area contributed by atoms with Crippen molar-refractivity contribution in [1.82, 2.24) is 59.7 Å². The van der Waals surface area contributed by atoms with Gasteiger partial charge in [0.05, 0.1) is 94.6 Å². The van der Waals surface area contributed by atoms with E-state index in [2.05, 4.69) is 195 Å². The maximum absolute atomic E-state index is 15.1. The molecule has 27 heteroatoms. The Hall–Kier alpha value is -15.1. The van der Waals surface area contributed by atoms with Crippen LogP contribution in [0.5, 0.6) is 17.2 Å². The topological polar surface area (TPSA) is 287 Å². The number of likely N-dealkylation sites (N-methyl/N-ethyl adjacent to an activating group) is 3. The molecule has 0 radical (unpaired) electrons. The highest BCUT2D eigenvalue weighted by Gasteiger charge is 2.29. The Morgan fingerprint density at radius 2 is 0.530 bits per heavy atom. The van der Waals surface area contributed by atoms with Crippen LogP contribution in [0.15, 0.2) is 219 Å². The van der Waals surface area contributed by atoms with E-state index >= 15 is 14.4 Å². The van der Waals surface area contributed by atoms with Crippen molar-refractivity contribution >= 4 is 133 Å². The van der Waals surface area contributed by atoms with Crippen molar-refractivity contribution in [3.63, 3.8) is 0 Å². The summed E-state index contributed by atoms with van der Waals surface area (Å²) in [7, 11) is 0. The molecule has 0 saturated heterocycles. The minimum Gasteiger partial charge on any atom is -0.483 e. The van der Waals surface area contributed by atoms with E-state index in [1.165, 1.54) is 16.2 Å². The van der Waals surface area contributed by atoms with Gasteiger partial charge < -0.3 is 57.3 Å². The van der Waals surface area contributed by atoms with Gasteiger partial charge in [0.1, 0.15) is 54.2 Å². The molecule has 3 aromatic heterocycles. The number of ether oxygens (including phenoxy) is 9. The molecule has 15 aromatic carbocycles. The summed E-state index contributed by atoms with van der Waals surface area (Å²) >= 11 is 0. The first-order chi connectivity index (χ1) is 64.6. The largest absolute Gasteiger partial charge is 0.483 e. The van der Waals surface area contributed by atoms with Gasteiger partial charge in [-0.15, -0.1) is 15.3 Å². The van der Waals surface area contributed by atoms with Gasteiger partial charge in [-0.05, 0) is 192 Å². The van der Waals surface area contributed by atoms with E-state index in [9.17, 15) is 14.4 Å². The lowest BCUT2D eigenvalue weighted by atomic mass is 9.92. The second-order valence-corrected chi connectivity index (χ2v) is 33.1. The zero-order valence-corrected chi connectivity index (χ0v) is 74.1. The third-order valence-electron chi connectivity index (χ3n) is 25.0. The van der Waals surface area contributed by atoms with E-state index in [0.29, 0.717) is 76.0 Å². The molecule has 0 spiro atoms. The smallest absolute Gasteiger partial charge is 0.338 e. The summed E-state index contributed by atoms with van der Waals surface area (Å²) < 4.78 is 63.9. The van der Waals surface area contributed by atoms with Gasteiger partial charge in [0.25, 0.3) is 17.7 Å². The maximum Gasteiger partial charge on any atom is 0.338 e. The fourth-order valence-corrected chi connectivity index (χ4v) is 18.5. The molecule has 0 aliphatic carbocycles. The van der Waals surface area contributed by atoms with E-state index in [4.69, 9.17) is 42.6 Å². The molecule has 1 aliphatic rings. The highest BCUT2D eigenvalue weighted by atomic mass is 16.5. The number of amides is 3. The van der Waals surface area contributed by atoms with Crippen LogP contribution in [-0.4, -0.2) is 154 Å². The lowest BCUT2D eigenvalue weighted by Gasteiger charge is -2.23. The summed E-state index contributed by atoms with van der Waals surface area (Å²) in [5.74, 6) is -2.99. The lowest BCUT2D eigenvalue weighted by molar-refractivity contribution is -0.133. The van der Waals surface area contributed by atoms with Crippen LogP contribution in [0.25, 0.3) is 97.0 Å². The number of benzene rings is 15. The van der Waals surface area contributed by atoms with Crippen LogP contribution in [-0.2, 0) is 122 Å². The first kappa shape index (κ1) is 86.3. The number of hydrogen-bond donors (Lipinski definition) is 0. The molecule has 3 amide bonds. The van der Waals surface area contributed by atoms with E-state index in [1.54, 1.807) is 83.7 Å². The number of esters is 3. The van der Waals surface area contributed by atoms with Gasteiger partial charge in [0.2, 0.25) is 0 Å². The summed E-state index contributed by atoms with van der Waals surface area (Å²) in [6.45, 7) is 10.4. The molecule has 18 aromatic rings. The Bertz CT molecular complexity index is 6600. The molecule has 0 fully saturated rings. The van der Waals surface area contributed by atoms with Gasteiger partial charge in [0.15, 0.2) is 19.8 Å². The SMILES string of the molecule is CCN(CC)C(=O)COc1c2cc(C(=O)OCc3cn(Cc4ccc5ccc6cccc7ccc4c5c67)nn3)cc1COCc1cc(C(=O)OCc3cn(Cc4ccc5ccc6cccc7ccc4c5c67)nn3)cc(c1OCC(=O)N(CC)CC)COCc1cc(C(=O)OCc3cn(Cc4ccc5ccc6cccc7ccc4c5c67)nn3)cc(c1OCC(=O)N(CC)CC)COC2. The Balaban J connectivity index is 0.671. The average molecular weight is 1770 g/mol. The quantitative estimate of drug-likeness (QED) is 0.0230. The van der Waals surface area contributed by atoms with Crippen molar-refractivity contribution in [3.8, 4) is 17.2 Å². The molecule has 0 atom stereocenters. The minimum atomic E-state index is -0.779. The van der Waals surface area contributed by atoms with Crippen molar-refractivity contribution in [3.05, 3.63) is 303 Å². The number of carbonyl (C=O) groups is 6. The number of nitrogens with zero attached hydrogens (tertiary/aromatic N) is 12. The van der Waals surface area contributed by atoms with E-state index < -0.39 is 37.7 Å². The fraction of sp³-hybridized carbons (Fsp3) is 0.257. The predicted molar refractivity (Wildman–Crippen MR) is 500 cm³/mol. The Morgan fingerprint density at radius 3 is 0.773 bits per heavy atom. The molecule has 0 N–H and O–H groups in total. The Kier molecular flexibility index (Phi) is 24.8. The van der Waals surface area contributed by atoms with Crippen molar-refractivity contribution in [2.45, 2.75) is 121 Å².